The molecule has 0 aromatic carbocycles. The van der Waals surface area contributed by atoms with Crippen LogP contribution in [0.25, 0.3) is 0 Å². The summed E-state index contributed by atoms with van der Waals surface area (Å²) >= 11 is 0. The molecule has 4 saturated carbocycles. The van der Waals surface area contributed by atoms with Crippen molar-refractivity contribution in [2.75, 3.05) is 0 Å². The third kappa shape index (κ3) is 1.95. The number of ketones is 1. The molecule has 0 spiro atoms. The van der Waals surface area contributed by atoms with Gasteiger partial charge < -0.3 is 5.11 Å². The first-order chi connectivity index (χ1) is 10.9. The van der Waals surface area contributed by atoms with E-state index in [0.29, 0.717) is 17.6 Å². The lowest BCUT2D eigenvalue weighted by molar-refractivity contribution is -0.137. The molecule has 0 saturated heterocycles. The molecule has 2 nitrogen and oxygen atoms in total. The Labute approximate surface area is 140 Å². The van der Waals surface area contributed by atoms with Crippen LogP contribution in [0.15, 0.2) is 0 Å². The Morgan fingerprint density at radius 2 is 1.74 bits per heavy atom. The van der Waals surface area contributed by atoms with Gasteiger partial charge in [-0.1, -0.05) is 19.8 Å². The van der Waals surface area contributed by atoms with Crippen molar-refractivity contribution >= 4 is 5.78 Å². The Morgan fingerprint density at radius 3 is 2.48 bits per heavy atom. The molecule has 0 aromatic heterocycles. The summed E-state index contributed by atoms with van der Waals surface area (Å²) in [5.41, 5.74) is -0.985. The van der Waals surface area contributed by atoms with E-state index >= 15 is 0 Å². The van der Waals surface area contributed by atoms with Crippen molar-refractivity contribution in [2.24, 2.45) is 40.9 Å². The van der Waals surface area contributed by atoms with Crippen molar-refractivity contribution in [3.8, 4) is 12.3 Å². The van der Waals surface area contributed by atoms with Gasteiger partial charge in [0.1, 0.15) is 11.4 Å². The molecule has 0 aliphatic heterocycles. The van der Waals surface area contributed by atoms with Crippen molar-refractivity contribution < 1.29 is 9.90 Å². The number of fused-ring (bicyclic) bond motifs is 5. The fraction of sp³-hybridized carbons (Fsp3) is 0.857. The average molecular weight is 314 g/mol. The minimum atomic E-state index is -0.894. The molecule has 4 aliphatic rings. The minimum absolute atomic E-state index is 0.0914. The predicted molar refractivity (Wildman–Crippen MR) is 90.4 cm³/mol. The summed E-state index contributed by atoms with van der Waals surface area (Å²) in [5.74, 6) is 6.95. The number of terminal acetylenes is 1. The summed E-state index contributed by atoms with van der Waals surface area (Å²) in [6.07, 6.45) is 14.2. The van der Waals surface area contributed by atoms with Crippen LogP contribution in [0.2, 0.25) is 0 Å². The van der Waals surface area contributed by atoms with Gasteiger partial charge in [0.15, 0.2) is 0 Å². The molecule has 8 atom stereocenters. The molecule has 2 heteroatoms. The highest BCUT2D eigenvalue weighted by molar-refractivity contribution is 5.81. The first-order valence-electron chi connectivity index (χ1n) is 9.64. The monoisotopic (exact) mass is 314 g/mol. The second-order valence-corrected chi connectivity index (χ2v) is 9.13. The van der Waals surface area contributed by atoms with E-state index in [1.807, 2.05) is 0 Å². The van der Waals surface area contributed by atoms with E-state index in [-0.39, 0.29) is 11.3 Å². The largest absolute Gasteiger partial charge is 0.377 e. The van der Waals surface area contributed by atoms with Gasteiger partial charge in [-0.25, -0.2) is 0 Å². The van der Waals surface area contributed by atoms with Gasteiger partial charge in [0.05, 0.1) is 0 Å². The molecule has 6 unspecified atom stereocenters. The zero-order valence-corrected chi connectivity index (χ0v) is 14.6. The molecular weight excluding hydrogens is 284 g/mol. The van der Waals surface area contributed by atoms with E-state index in [2.05, 4.69) is 19.8 Å². The summed E-state index contributed by atoms with van der Waals surface area (Å²) in [4.78, 5) is 12.1. The van der Waals surface area contributed by atoms with Crippen molar-refractivity contribution in [1.29, 1.82) is 0 Å². The van der Waals surface area contributed by atoms with Crippen molar-refractivity contribution in [2.45, 2.75) is 70.8 Å². The molecule has 4 rings (SSSR count). The summed E-state index contributed by atoms with van der Waals surface area (Å²) in [6, 6.07) is 0. The third-order valence-electron chi connectivity index (χ3n) is 8.69. The van der Waals surface area contributed by atoms with Crippen LogP contribution < -0.4 is 0 Å². The van der Waals surface area contributed by atoms with Crippen LogP contribution in [-0.4, -0.2) is 16.5 Å². The van der Waals surface area contributed by atoms with Gasteiger partial charge in [0.2, 0.25) is 0 Å². The molecule has 23 heavy (non-hydrogen) atoms. The highest BCUT2D eigenvalue weighted by Crippen LogP contribution is 2.65. The Bertz CT molecular complexity index is 561. The van der Waals surface area contributed by atoms with Gasteiger partial charge in [0.25, 0.3) is 0 Å². The Hall–Kier alpha value is -0.810. The van der Waals surface area contributed by atoms with Crippen LogP contribution in [0.3, 0.4) is 0 Å². The SMILES string of the molecule is C#C[C@]1(O)CCC2C3CCC4C(C)C(=O)CCC4C3CC[C@@]21C. The first kappa shape index (κ1) is 15.7. The Balaban J connectivity index is 1.62. The van der Waals surface area contributed by atoms with Gasteiger partial charge in [0, 0.05) is 17.8 Å². The van der Waals surface area contributed by atoms with Crippen LogP contribution in [0, 0.1) is 53.3 Å². The number of rotatable bonds is 0. The lowest BCUT2D eigenvalue weighted by Gasteiger charge is -2.57. The number of hydrogen-bond donors (Lipinski definition) is 1. The Kier molecular flexibility index (Phi) is 3.48. The number of aliphatic hydroxyl groups is 1. The van der Waals surface area contributed by atoms with Crippen LogP contribution in [0.4, 0.5) is 0 Å². The van der Waals surface area contributed by atoms with Crippen molar-refractivity contribution in [3.05, 3.63) is 0 Å². The van der Waals surface area contributed by atoms with Crippen LogP contribution in [0.1, 0.15) is 65.2 Å². The predicted octanol–water partition coefficient (Wildman–Crippen LogP) is 3.82. The lowest BCUT2D eigenvalue weighted by atomic mass is 9.48. The summed E-state index contributed by atoms with van der Waals surface area (Å²) in [7, 11) is 0. The van der Waals surface area contributed by atoms with E-state index in [1.165, 1.54) is 19.3 Å². The maximum absolute atomic E-state index is 12.1. The van der Waals surface area contributed by atoms with Gasteiger partial charge >= 0.3 is 0 Å². The maximum Gasteiger partial charge on any atom is 0.135 e. The average Bonchev–Trinajstić information content (AvgIpc) is 2.83. The molecule has 0 radical (unpaired) electrons. The van der Waals surface area contributed by atoms with Crippen LogP contribution in [0.5, 0.6) is 0 Å². The number of carbonyl (C=O) groups is 1. The molecule has 1 N–H and O–H groups in total. The molecule has 4 fully saturated rings. The summed E-state index contributed by atoms with van der Waals surface area (Å²) in [6.45, 7) is 4.42. The van der Waals surface area contributed by atoms with Crippen molar-refractivity contribution in [3.63, 3.8) is 0 Å². The van der Waals surface area contributed by atoms with E-state index in [9.17, 15) is 9.90 Å². The lowest BCUT2D eigenvalue weighted by Crippen LogP contribution is -2.54. The van der Waals surface area contributed by atoms with Gasteiger partial charge in [-0.3, -0.25) is 4.79 Å². The van der Waals surface area contributed by atoms with E-state index in [1.54, 1.807) is 0 Å². The van der Waals surface area contributed by atoms with E-state index in [0.717, 1.165) is 49.9 Å². The van der Waals surface area contributed by atoms with Gasteiger partial charge in [-0.05, 0) is 74.5 Å². The topological polar surface area (TPSA) is 37.3 Å². The highest BCUT2D eigenvalue weighted by Gasteiger charge is 2.62. The van der Waals surface area contributed by atoms with Crippen molar-refractivity contribution in [1.82, 2.24) is 0 Å². The number of carbonyl (C=O) groups excluding carboxylic acids is 1. The molecule has 0 aromatic rings. The normalized spacial score (nSPS) is 55.5. The summed E-state index contributed by atoms with van der Waals surface area (Å²) < 4.78 is 0. The quantitative estimate of drug-likeness (QED) is 0.690. The highest BCUT2D eigenvalue weighted by atomic mass is 16.3. The van der Waals surface area contributed by atoms with Gasteiger partial charge in [-0.2, -0.15) is 0 Å². The second-order valence-electron chi connectivity index (χ2n) is 9.13. The molecular formula is C21H30O2. The maximum atomic E-state index is 12.1. The third-order valence-corrected chi connectivity index (χ3v) is 8.69. The molecule has 126 valence electrons. The van der Waals surface area contributed by atoms with Crippen LogP contribution in [-0.2, 0) is 4.79 Å². The fourth-order valence-electron chi connectivity index (χ4n) is 7.26. The summed E-state index contributed by atoms with van der Waals surface area (Å²) in [5, 5.41) is 11.0. The number of Topliss-reactive ketones (excluding diaryl/α,β-unsaturated/α-hetero) is 1. The molecule has 0 heterocycles. The molecule has 0 amide bonds. The number of hydrogen-bond acceptors (Lipinski definition) is 2. The zero-order valence-electron chi connectivity index (χ0n) is 14.6. The second kappa shape index (κ2) is 5.09. The van der Waals surface area contributed by atoms with Crippen LogP contribution >= 0.6 is 0 Å². The molecule has 4 aliphatic carbocycles. The standard InChI is InChI=1S/C21H30O2/c1-4-21(23)12-10-18-17-6-5-14-13(2)19(22)8-7-15(14)16(17)9-11-20(18,21)3/h1,13-18,23H,5-12H2,2-3H3/t13?,14?,15?,16?,17?,18?,20-,21-/m0/s1. The first-order valence-corrected chi connectivity index (χ1v) is 9.64. The van der Waals surface area contributed by atoms with E-state index in [4.69, 9.17) is 6.42 Å². The van der Waals surface area contributed by atoms with E-state index < -0.39 is 5.60 Å². The Morgan fingerprint density at radius 1 is 1.04 bits per heavy atom. The van der Waals surface area contributed by atoms with Gasteiger partial charge in [-0.15, -0.1) is 6.42 Å². The minimum Gasteiger partial charge on any atom is -0.377 e. The fourth-order valence-corrected chi connectivity index (χ4v) is 7.26. The zero-order chi connectivity index (χ0) is 16.4. The molecule has 0 bridgehead atoms. The smallest absolute Gasteiger partial charge is 0.135 e.